The van der Waals surface area contributed by atoms with Gasteiger partial charge in [0.25, 0.3) is 0 Å². The lowest BCUT2D eigenvalue weighted by Gasteiger charge is -2.09. The standard InChI is InChI=1S/C15H15ClN2OS/c1-10-13(16)3-2-4-14(10)18-15(19)9-20-12-7-5-11(17)6-8-12/h2-8H,9,17H2,1H3,(H,18,19). The number of hydrogen-bond donors (Lipinski definition) is 2. The van der Waals surface area contributed by atoms with E-state index >= 15 is 0 Å². The molecule has 0 aliphatic heterocycles. The lowest BCUT2D eigenvalue weighted by molar-refractivity contribution is -0.113. The van der Waals surface area contributed by atoms with E-state index in [4.69, 9.17) is 17.3 Å². The fraction of sp³-hybridized carbons (Fsp3) is 0.133. The molecule has 20 heavy (non-hydrogen) atoms. The van der Waals surface area contributed by atoms with Gasteiger partial charge in [0, 0.05) is 21.3 Å². The predicted molar refractivity (Wildman–Crippen MR) is 86.4 cm³/mol. The van der Waals surface area contributed by atoms with Gasteiger partial charge in [-0.3, -0.25) is 4.79 Å². The molecule has 3 N–H and O–H groups in total. The Morgan fingerprint density at radius 1 is 1.25 bits per heavy atom. The third-order valence-electron chi connectivity index (χ3n) is 2.79. The number of thioether (sulfide) groups is 1. The first kappa shape index (κ1) is 14.8. The number of nitrogen functional groups attached to an aromatic ring is 1. The van der Waals surface area contributed by atoms with E-state index in [1.165, 1.54) is 11.8 Å². The summed E-state index contributed by atoms with van der Waals surface area (Å²) in [6.07, 6.45) is 0. The van der Waals surface area contributed by atoms with Crippen molar-refractivity contribution in [2.45, 2.75) is 11.8 Å². The summed E-state index contributed by atoms with van der Waals surface area (Å²) < 4.78 is 0. The number of anilines is 2. The molecule has 0 atom stereocenters. The molecule has 0 radical (unpaired) electrons. The molecule has 0 aromatic heterocycles. The van der Waals surface area contributed by atoms with E-state index < -0.39 is 0 Å². The summed E-state index contributed by atoms with van der Waals surface area (Å²) in [4.78, 5) is 12.9. The zero-order valence-electron chi connectivity index (χ0n) is 11.0. The third kappa shape index (κ3) is 3.92. The molecule has 0 unspecified atom stereocenters. The van der Waals surface area contributed by atoms with Crippen LogP contribution in [-0.4, -0.2) is 11.7 Å². The van der Waals surface area contributed by atoms with E-state index in [-0.39, 0.29) is 5.91 Å². The van der Waals surface area contributed by atoms with Crippen LogP contribution in [0.5, 0.6) is 0 Å². The van der Waals surface area contributed by atoms with Crippen molar-refractivity contribution in [1.82, 2.24) is 0 Å². The first-order valence-corrected chi connectivity index (χ1v) is 7.46. The van der Waals surface area contributed by atoms with Crippen LogP contribution in [0.15, 0.2) is 47.4 Å². The summed E-state index contributed by atoms with van der Waals surface area (Å²) >= 11 is 7.48. The fourth-order valence-electron chi connectivity index (χ4n) is 1.64. The van der Waals surface area contributed by atoms with Crippen LogP contribution < -0.4 is 11.1 Å². The molecule has 0 fully saturated rings. The van der Waals surface area contributed by atoms with E-state index in [0.29, 0.717) is 16.5 Å². The Morgan fingerprint density at radius 3 is 2.65 bits per heavy atom. The lowest BCUT2D eigenvalue weighted by atomic mass is 10.2. The molecule has 0 spiro atoms. The number of halogens is 1. The van der Waals surface area contributed by atoms with Crippen molar-refractivity contribution in [2.24, 2.45) is 0 Å². The van der Waals surface area contributed by atoms with Crippen molar-refractivity contribution in [3.05, 3.63) is 53.1 Å². The predicted octanol–water partition coefficient (Wildman–Crippen LogP) is 3.96. The molecule has 2 rings (SSSR count). The largest absolute Gasteiger partial charge is 0.399 e. The SMILES string of the molecule is Cc1c(Cl)cccc1NC(=O)CSc1ccc(N)cc1. The smallest absolute Gasteiger partial charge is 0.234 e. The number of benzene rings is 2. The van der Waals surface area contributed by atoms with Crippen molar-refractivity contribution >= 4 is 40.6 Å². The molecule has 0 heterocycles. The van der Waals surface area contributed by atoms with Gasteiger partial charge in [-0.25, -0.2) is 0 Å². The molecule has 104 valence electrons. The van der Waals surface area contributed by atoms with Gasteiger partial charge in [0.15, 0.2) is 0 Å². The molecular weight excluding hydrogens is 292 g/mol. The average molecular weight is 307 g/mol. The van der Waals surface area contributed by atoms with Crippen LogP contribution in [0.1, 0.15) is 5.56 Å². The van der Waals surface area contributed by atoms with Crippen molar-refractivity contribution in [2.75, 3.05) is 16.8 Å². The summed E-state index contributed by atoms with van der Waals surface area (Å²) in [6, 6.07) is 12.9. The van der Waals surface area contributed by atoms with Gasteiger partial charge in [0.2, 0.25) is 5.91 Å². The van der Waals surface area contributed by atoms with Gasteiger partial charge < -0.3 is 11.1 Å². The van der Waals surface area contributed by atoms with Gasteiger partial charge in [0.1, 0.15) is 0 Å². The number of hydrogen-bond acceptors (Lipinski definition) is 3. The summed E-state index contributed by atoms with van der Waals surface area (Å²) in [5, 5.41) is 3.51. The first-order chi connectivity index (χ1) is 9.56. The van der Waals surface area contributed by atoms with Crippen molar-refractivity contribution in [1.29, 1.82) is 0 Å². The molecule has 2 aromatic rings. The molecule has 0 saturated heterocycles. The molecule has 0 aliphatic rings. The average Bonchev–Trinajstić information content (AvgIpc) is 2.43. The highest BCUT2D eigenvalue weighted by Crippen LogP contribution is 2.24. The zero-order valence-corrected chi connectivity index (χ0v) is 12.6. The minimum absolute atomic E-state index is 0.0582. The van der Waals surface area contributed by atoms with E-state index in [1.807, 2.05) is 43.3 Å². The van der Waals surface area contributed by atoms with Crippen molar-refractivity contribution in [3.63, 3.8) is 0 Å². The minimum Gasteiger partial charge on any atom is -0.399 e. The molecule has 0 bridgehead atoms. The van der Waals surface area contributed by atoms with Gasteiger partial charge in [0.05, 0.1) is 5.75 Å². The fourth-order valence-corrected chi connectivity index (χ4v) is 2.52. The molecule has 3 nitrogen and oxygen atoms in total. The number of nitrogens with one attached hydrogen (secondary N) is 1. The van der Waals surface area contributed by atoms with E-state index in [0.717, 1.165) is 16.1 Å². The zero-order chi connectivity index (χ0) is 14.5. The van der Waals surface area contributed by atoms with Crippen LogP contribution in [0.2, 0.25) is 5.02 Å². The van der Waals surface area contributed by atoms with Crippen molar-refractivity contribution in [3.8, 4) is 0 Å². The van der Waals surface area contributed by atoms with Crippen LogP contribution in [0.4, 0.5) is 11.4 Å². The second kappa shape index (κ2) is 6.68. The maximum Gasteiger partial charge on any atom is 0.234 e. The lowest BCUT2D eigenvalue weighted by Crippen LogP contribution is -2.14. The summed E-state index contributed by atoms with van der Waals surface area (Å²) in [5.41, 5.74) is 7.96. The summed E-state index contributed by atoms with van der Waals surface area (Å²) in [7, 11) is 0. The van der Waals surface area contributed by atoms with Crippen molar-refractivity contribution < 1.29 is 4.79 Å². The molecule has 2 aromatic carbocycles. The quantitative estimate of drug-likeness (QED) is 0.664. The number of rotatable bonds is 4. The highest BCUT2D eigenvalue weighted by atomic mass is 35.5. The van der Waals surface area contributed by atoms with Crippen LogP contribution in [-0.2, 0) is 4.79 Å². The molecule has 5 heteroatoms. The third-order valence-corrected chi connectivity index (χ3v) is 4.21. The molecule has 1 amide bonds. The van der Waals surface area contributed by atoms with Crippen LogP contribution >= 0.6 is 23.4 Å². The topological polar surface area (TPSA) is 55.1 Å². The molecule has 0 aliphatic carbocycles. The van der Waals surface area contributed by atoms with Gasteiger partial charge in [-0.2, -0.15) is 0 Å². The number of amides is 1. The van der Waals surface area contributed by atoms with Crippen LogP contribution in [0.25, 0.3) is 0 Å². The van der Waals surface area contributed by atoms with Crippen LogP contribution in [0, 0.1) is 6.92 Å². The first-order valence-electron chi connectivity index (χ1n) is 6.09. The number of nitrogens with two attached hydrogens (primary N) is 1. The second-order valence-electron chi connectivity index (χ2n) is 4.32. The summed E-state index contributed by atoms with van der Waals surface area (Å²) in [6.45, 7) is 1.88. The maximum atomic E-state index is 11.9. The minimum atomic E-state index is -0.0582. The van der Waals surface area contributed by atoms with Crippen LogP contribution in [0.3, 0.4) is 0 Å². The number of carbonyl (C=O) groups excluding carboxylic acids is 1. The Hall–Kier alpha value is -1.65. The highest BCUT2D eigenvalue weighted by Gasteiger charge is 2.07. The molecule has 0 saturated carbocycles. The summed E-state index contributed by atoms with van der Waals surface area (Å²) in [5.74, 6) is 0.285. The Kier molecular flexibility index (Phi) is 4.93. The van der Waals surface area contributed by atoms with Gasteiger partial charge >= 0.3 is 0 Å². The van der Waals surface area contributed by atoms with E-state index in [1.54, 1.807) is 6.07 Å². The van der Waals surface area contributed by atoms with Gasteiger partial charge in [-0.1, -0.05) is 17.7 Å². The molecular formula is C15H15ClN2OS. The maximum absolute atomic E-state index is 11.9. The Bertz CT molecular complexity index is 614. The number of carbonyl (C=O) groups is 1. The van der Waals surface area contributed by atoms with E-state index in [9.17, 15) is 4.79 Å². The second-order valence-corrected chi connectivity index (χ2v) is 5.77. The highest BCUT2D eigenvalue weighted by molar-refractivity contribution is 8.00. The Labute approximate surface area is 127 Å². The Balaban J connectivity index is 1.92. The van der Waals surface area contributed by atoms with E-state index in [2.05, 4.69) is 5.32 Å². The normalized spacial score (nSPS) is 10.3. The van der Waals surface area contributed by atoms with Gasteiger partial charge in [-0.15, -0.1) is 11.8 Å². The monoisotopic (exact) mass is 306 g/mol. The Morgan fingerprint density at radius 2 is 1.95 bits per heavy atom. The van der Waals surface area contributed by atoms with Gasteiger partial charge in [-0.05, 0) is 48.9 Å².